The Bertz CT molecular complexity index is 1930. The first-order chi connectivity index (χ1) is 19.5. The molecule has 6 aromatic rings. The normalized spacial score (nSPS) is 13.4. The Morgan fingerprint density at radius 3 is 2.65 bits per heavy atom. The van der Waals surface area contributed by atoms with Gasteiger partial charge in [-0.15, -0.1) is 10.2 Å². The predicted octanol–water partition coefficient (Wildman–Crippen LogP) is 4.33. The zero-order valence-corrected chi connectivity index (χ0v) is 22.0. The Morgan fingerprint density at radius 2 is 1.88 bits per heavy atom. The van der Waals surface area contributed by atoms with E-state index < -0.39 is 0 Å². The van der Waals surface area contributed by atoms with E-state index in [1.165, 1.54) is 10.9 Å². The minimum absolute atomic E-state index is 0.160. The van der Waals surface area contributed by atoms with Crippen molar-refractivity contribution < 1.29 is 0 Å². The summed E-state index contributed by atoms with van der Waals surface area (Å²) in [6.45, 7) is 4.10. The highest BCUT2D eigenvalue weighted by molar-refractivity contribution is 5.89. The van der Waals surface area contributed by atoms with Crippen molar-refractivity contribution in [2.75, 3.05) is 5.73 Å². The van der Waals surface area contributed by atoms with Crippen LogP contribution >= 0.6 is 0 Å². The number of fused-ring (bicyclic) bond motifs is 1. The van der Waals surface area contributed by atoms with Gasteiger partial charge in [0, 0.05) is 35.5 Å². The number of nitrogen functional groups attached to an aromatic ring is 1. The molecule has 0 saturated heterocycles. The third kappa shape index (κ3) is 4.12. The van der Waals surface area contributed by atoms with Gasteiger partial charge in [0.1, 0.15) is 30.0 Å². The van der Waals surface area contributed by atoms with E-state index >= 15 is 0 Å². The van der Waals surface area contributed by atoms with Gasteiger partial charge in [0.15, 0.2) is 5.82 Å². The largest absolute Gasteiger partial charge is 0.384 e. The van der Waals surface area contributed by atoms with Crippen molar-refractivity contribution in [3.8, 4) is 34.2 Å². The van der Waals surface area contributed by atoms with Crippen LogP contribution in [0.4, 0.5) is 5.82 Å². The molecule has 5 aromatic heterocycles. The van der Waals surface area contributed by atoms with Crippen molar-refractivity contribution in [3.63, 3.8) is 0 Å². The fourth-order valence-corrected chi connectivity index (χ4v) is 4.88. The summed E-state index contributed by atoms with van der Waals surface area (Å²) in [6, 6.07) is 13.1. The van der Waals surface area contributed by atoms with E-state index in [-0.39, 0.29) is 11.6 Å². The summed E-state index contributed by atoms with van der Waals surface area (Å²) in [5.74, 6) is 2.02. The van der Waals surface area contributed by atoms with Crippen LogP contribution < -0.4 is 11.3 Å². The van der Waals surface area contributed by atoms with Gasteiger partial charge >= 0.3 is 0 Å². The Balaban J connectivity index is 1.39. The molecule has 2 N–H and O–H groups in total. The molecular formula is C29H26N10O. The van der Waals surface area contributed by atoms with Gasteiger partial charge < -0.3 is 14.9 Å². The molecule has 198 valence electrons. The highest BCUT2D eigenvalue weighted by atomic mass is 16.1. The maximum Gasteiger partial charge on any atom is 0.267 e. The van der Waals surface area contributed by atoms with Gasteiger partial charge in [-0.2, -0.15) is 0 Å². The minimum atomic E-state index is -0.231. The molecule has 5 heterocycles. The molecule has 1 aliphatic carbocycles. The fourth-order valence-electron chi connectivity index (χ4n) is 4.88. The lowest BCUT2D eigenvalue weighted by atomic mass is 10.0. The topological polar surface area (TPSA) is 135 Å². The molecule has 0 spiro atoms. The molecule has 11 nitrogen and oxygen atoms in total. The van der Waals surface area contributed by atoms with Gasteiger partial charge in [-0.1, -0.05) is 6.07 Å². The summed E-state index contributed by atoms with van der Waals surface area (Å²) in [5, 5.41) is 8.76. The van der Waals surface area contributed by atoms with E-state index in [9.17, 15) is 4.79 Å². The monoisotopic (exact) mass is 530 g/mol. The van der Waals surface area contributed by atoms with Crippen LogP contribution in [0, 0.1) is 0 Å². The third-order valence-corrected chi connectivity index (χ3v) is 7.19. The molecule has 1 saturated carbocycles. The minimum Gasteiger partial charge on any atom is -0.384 e. The van der Waals surface area contributed by atoms with Crippen LogP contribution in [-0.2, 0) is 0 Å². The Morgan fingerprint density at radius 1 is 1.00 bits per heavy atom. The number of imidazole rings is 1. The van der Waals surface area contributed by atoms with E-state index in [2.05, 4.69) is 39.0 Å². The number of pyridine rings is 2. The van der Waals surface area contributed by atoms with E-state index in [0.717, 1.165) is 35.3 Å². The Labute approximate surface area is 229 Å². The Kier molecular flexibility index (Phi) is 5.51. The molecule has 40 heavy (non-hydrogen) atoms. The fraction of sp³-hybridized carbons (Fsp3) is 0.207. The van der Waals surface area contributed by atoms with Crippen molar-refractivity contribution in [2.45, 2.75) is 38.6 Å². The van der Waals surface area contributed by atoms with Crippen molar-refractivity contribution in [3.05, 3.63) is 89.9 Å². The lowest BCUT2D eigenvalue weighted by Crippen LogP contribution is -2.20. The van der Waals surface area contributed by atoms with E-state index in [1.54, 1.807) is 31.0 Å². The third-order valence-electron chi connectivity index (χ3n) is 7.19. The number of aromatic nitrogens is 9. The molecule has 0 atom stereocenters. The molecule has 0 radical (unpaired) electrons. The van der Waals surface area contributed by atoms with Crippen LogP contribution in [0.3, 0.4) is 0 Å². The molecule has 0 bridgehead atoms. The van der Waals surface area contributed by atoms with Gasteiger partial charge in [-0.25, -0.2) is 19.9 Å². The second-order valence-electron chi connectivity index (χ2n) is 10.3. The maximum atomic E-state index is 13.9. The number of anilines is 1. The molecule has 1 fully saturated rings. The zero-order chi connectivity index (χ0) is 27.4. The van der Waals surface area contributed by atoms with Gasteiger partial charge in [0.25, 0.3) is 5.56 Å². The van der Waals surface area contributed by atoms with Crippen molar-refractivity contribution >= 4 is 16.7 Å². The molecule has 0 aliphatic heterocycles. The summed E-state index contributed by atoms with van der Waals surface area (Å²) in [4.78, 5) is 32.2. The summed E-state index contributed by atoms with van der Waals surface area (Å²) in [7, 11) is 0. The second kappa shape index (κ2) is 9.23. The first-order valence-corrected chi connectivity index (χ1v) is 13.1. The molecule has 0 unspecified atom stereocenters. The van der Waals surface area contributed by atoms with Crippen LogP contribution in [0.25, 0.3) is 45.1 Å². The first kappa shape index (κ1) is 23.9. The average molecular weight is 531 g/mol. The van der Waals surface area contributed by atoms with Crippen LogP contribution in [0.15, 0.2) is 78.6 Å². The number of nitrogens with zero attached hydrogens (tertiary/aromatic N) is 9. The molecule has 11 heteroatoms. The number of nitrogens with two attached hydrogens (primary N) is 1. The summed E-state index contributed by atoms with van der Waals surface area (Å²) in [6.07, 6.45) is 11.1. The van der Waals surface area contributed by atoms with E-state index in [0.29, 0.717) is 40.0 Å². The molecule has 1 aromatic carbocycles. The van der Waals surface area contributed by atoms with Gasteiger partial charge in [0.05, 0.1) is 28.6 Å². The van der Waals surface area contributed by atoms with E-state index in [1.807, 2.05) is 45.7 Å². The summed E-state index contributed by atoms with van der Waals surface area (Å²) in [5.41, 5.74) is 10.4. The lowest BCUT2D eigenvalue weighted by Gasteiger charge is -2.14. The van der Waals surface area contributed by atoms with E-state index in [4.69, 9.17) is 10.7 Å². The quantitative estimate of drug-likeness (QED) is 0.336. The van der Waals surface area contributed by atoms with Crippen LogP contribution in [-0.4, -0.2) is 43.8 Å². The summed E-state index contributed by atoms with van der Waals surface area (Å²) >= 11 is 0. The predicted molar refractivity (Wildman–Crippen MR) is 151 cm³/mol. The van der Waals surface area contributed by atoms with Crippen molar-refractivity contribution in [1.82, 2.24) is 43.8 Å². The lowest BCUT2D eigenvalue weighted by molar-refractivity contribution is 0.603. The smallest absolute Gasteiger partial charge is 0.267 e. The van der Waals surface area contributed by atoms with Gasteiger partial charge in [-0.3, -0.25) is 9.36 Å². The average Bonchev–Trinajstić information content (AvgIpc) is 3.48. The van der Waals surface area contributed by atoms with Gasteiger partial charge in [-0.05, 0) is 63.1 Å². The number of hydrogen-bond donors (Lipinski definition) is 1. The van der Waals surface area contributed by atoms with Crippen LogP contribution in [0.2, 0.25) is 0 Å². The Hall–Kier alpha value is -5.19. The van der Waals surface area contributed by atoms with Crippen molar-refractivity contribution in [2.24, 2.45) is 0 Å². The van der Waals surface area contributed by atoms with Crippen LogP contribution in [0.5, 0.6) is 0 Å². The molecule has 7 rings (SSSR count). The number of hydrogen-bond acceptors (Lipinski definition) is 8. The summed E-state index contributed by atoms with van der Waals surface area (Å²) < 4.78 is 5.36. The van der Waals surface area contributed by atoms with Gasteiger partial charge in [0.2, 0.25) is 0 Å². The molecular weight excluding hydrogens is 504 g/mol. The first-order valence-electron chi connectivity index (χ1n) is 13.1. The number of rotatable bonds is 6. The highest BCUT2D eigenvalue weighted by Gasteiger charge is 2.26. The second-order valence-corrected chi connectivity index (χ2v) is 10.3. The van der Waals surface area contributed by atoms with Crippen molar-refractivity contribution in [1.29, 1.82) is 0 Å². The SMILES string of the molecule is CC(C)n1cnnc1-c1cccc(-n2cnc3cc(-c4ccc(N)nc4)c(-n4cnc(C5CC5)c4)cc3c2=O)n1. The number of benzene rings is 1. The van der Waals surface area contributed by atoms with Crippen LogP contribution in [0.1, 0.15) is 44.3 Å². The molecule has 1 aliphatic rings. The standard InChI is InChI=1S/C29H26N10O/c1-17(2)38-16-34-36-28(38)22-4-3-5-27(35-22)39-15-33-23-10-20(19-8-9-26(30)31-12-19)25(11-21(23)29(39)40)37-13-24(32-14-37)18-6-7-18/h3-5,8-18H,6-7H2,1-2H3,(H2,30,31). The zero-order valence-electron chi connectivity index (χ0n) is 22.0. The maximum absolute atomic E-state index is 13.9. The highest BCUT2D eigenvalue weighted by Crippen LogP contribution is 2.39. The molecule has 0 amide bonds.